The van der Waals surface area contributed by atoms with Crippen molar-refractivity contribution < 1.29 is 14.3 Å². The van der Waals surface area contributed by atoms with Gasteiger partial charge >= 0.3 is 5.97 Å². The molecule has 0 spiro atoms. The quantitative estimate of drug-likeness (QED) is 0.359. The Kier molecular flexibility index (Phi) is 4.85. The summed E-state index contributed by atoms with van der Waals surface area (Å²) in [5.41, 5.74) is 1.70. The molecule has 1 aromatic heterocycles. The fraction of sp³-hybridized carbons (Fsp3) is 0.0909. The molecule has 134 valence electrons. The van der Waals surface area contributed by atoms with Crippen LogP contribution >= 0.6 is 11.3 Å². The van der Waals surface area contributed by atoms with Crippen LogP contribution in [0.4, 0.5) is 0 Å². The summed E-state index contributed by atoms with van der Waals surface area (Å²) in [5, 5.41) is 4.72. The molecule has 0 aliphatic heterocycles. The second-order valence-electron chi connectivity index (χ2n) is 6.00. The summed E-state index contributed by atoms with van der Waals surface area (Å²) in [6.45, 7) is 0. The summed E-state index contributed by atoms with van der Waals surface area (Å²) in [6, 6.07) is 21.2. The summed E-state index contributed by atoms with van der Waals surface area (Å²) in [5.74, 6) is 1.05. The van der Waals surface area contributed by atoms with Crippen molar-refractivity contribution in [2.45, 2.75) is 6.42 Å². The SMILES string of the molecule is COc1ccc(-c2nc(CC(=O)Oc3cccc4ccccc34)cs2)cc1. The highest BCUT2D eigenvalue weighted by molar-refractivity contribution is 7.13. The first-order chi connectivity index (χ1) is 13.2. The molecule has 0 saturated carbocycles. The second kappa shape index (κ2) is 7.60. The zero-order chi connectivity index (χ0) is 18.6. The summed E-state index contributed by atoms with van der Waals surface area (Å²) >= 11 is 1.51. The third-order valence-electron chi connectivity index (χ3n) is 4.19. The third kappa shape index (κ3) is 3.83. The van der Waals surface area contributed by atoms with E-state index in [9.17, 15) is 4.79 Å². The fourth-order valence-corrected chi connectivity index (χ4v) is 3.67. The van der Waals surface area contributed by atoms with Crippen LogP contribution < -0.4 is 9.47 Å². The zero-order valence-corrected chi connectivity index (χ0v) is 15.5. The van der Waals surface area contributed by atoms with Crippen LogP contribution in [0.2, 0.25) is 0 Å². The van der Waals surface area contributed by atoms with Gasteiger partial charge in [-0.2, -0.15) is 0 Å². The Morgan fingerprint density at radius 1 is 1.00 bits per heavy atom. The standard InChI is InChI=1S/C22H17NO3S/c1-25-18-11-9-16(10-12-18)22-23-17(14-27-22)13-21(24)26-20-8-4-6-15-5-2-3-7-19(15)20/h2-12,14H,13H2,1H3. The molecule has 0 aliphatic rings. The summed E-state index contributed by atoms with van der Waals surface area (Å²) in [4.78, 5) is 16.9. The van der Waals surface area contributed by atoms with Crippen LogP contribution in [0.1, 0.15) is 5.69 Å². The normalized spacial score (nSPS) is 10.7. The Bertz CT molecular complexity index is 1080. The van der Waals surface area contributed by atoms with Crippen molar-refractivity contribution in [3.8, 4) is 22.1 Å². The lowest BCUT2D eigenvalue weighted by Gasteiger charge is -2.07. The van der Waals surface area contributed by atoms with Gasteiger partial charge in [-0.25, -0.2) is 4.98 Å². The van der Waals surface area contributed by atoms with Crippen molar-refractivity contribution in [1.82, 2.24) is 4.98 Å². The van der Waals surface area contributed by atoms with Gasteiger partial charge in [0, 0.05) is 16.3 Å². The zero-order valence-electron chi connectivity index (χ0n) is 14.7. The highest BCUT2D eigenvalue weighted by atomic mass is 32.1. The Labute approximate surface area is 161 Å². The summed E-state index contributed by atoms with van der Waals surface area (Å²) < 4.78 is 10.8. The van der Waals surface area contributed by atoms with Crippen LogP contribution in [0.15, 0.2) is 72.1 Å². The van der Waals surface area contributed by atoms with Gasteiger partial charge in [0.25, 0.3) is 0 Å². The number of carbonyl (C=O) groups excluding carboxylic acids is 1. The Hall–Kier alpha value is -3.18. The molecular formula is C22H17NO3S. The van der Waals surface area contributed by atoms with Crippen molar-refractivity contribution in [3.05, 3.63) is 77.8 Å². The number of hydrogen-bond acceptors (Lipinski definition) is 5. The lowest BCUT2D eigenvalue weighted by Crippen LogP contribution is -2.11. The van der Waals surface area contributed by atoms with Crippen LogP contribution in [0.25, 0.3) is 21.3 Å². The minimum Gasteiger partial charge on any atom is -0.497 e. The molecule has 0 N–H and O–H groups in total. The van der Waals surface area contributed by atoms with E-state index in [2.05, 4.69) is 4.98 Å². The van der Waals surface area contributed by atoms with Crippen molar-refractivity contribution in [3.63, 3.8) is 0 Å². The number of nitrogens with zero attached hydrogens (tertiary/aromatic N) is 1. The summed E-state index contributed by atoms with van der Waals surface area (Å²) in [6.07, 6.45) is 0.135. The third-order valence-corrected chi connectivity index (χ3v) is 5.13. The van der Waals surface area contributed by atoms with Crippen molar-refractivity contribution in [2.24, 2.45) is 0 Å². The van der Waals surface area contributed by atoms with E-state index in [1.807, 2.05) is 72.1 Å². The molecule has 4 aromatic rings. The predicted molar refractivity (Wildman–Crippen MR) is 107 cm³/mol. The van der Waals surface area contributed by atoms with Gasteiger partial charge in [-0.3, -0.25) is 4.79 Å². The Balaban J connectivity index is 1.47. The number of carbonyl (C=O) groups is 1. The first-order valence-electron chi connectivity index (χ1n) is 8.50. The molecule has 5 heteroatoms. The van der Waals surface area contributed by atoms with Crippen LogP contribution in [0, 0.1) is 0 Å². The topological polar surface area (TPSA) is 48.4 Å². The van der Waals surface area contributed by atoms with Crippen molar-refractivity contribution >= 4 is 28.1 Å². The van der Waals surface area contributed by atoms with Crippen LogP contribution in [-0.4, -0.2) is 18.1 Å². The molecule has 4 nitrogen and oxygen atoms in total. The molecule has 0 saturated heterocycles. The number of fused-ring (bicyclic) bond motifs is 1. The number of ether oxygens (including phenoxy) is 2. The molecule has 0 radical (unpaired) electrons. The van der Waals surface area contributed by atoms with E-state index < -0.39 is 0 Å². The van der Waals surface area contributed by atoms with Crippen molar-refractivity contribution in [1.29, 1.82) is 0 Å². The van der Waals surface area contributed by atoms with E-state index in [0.29, 0.717) is 11.4 Å². The maximum Gasteiger partial charge on any atom is 0.317 e. The van der Waals surface area contributed by atoms with E-state index >= 15 is 0 Å². The highest BCUT2D eigenvalue weighted by Gasteiger charge is 2.12. The van der Waals surface area contributed by atoms with E-state index in [0.717, 1.165) is 27.1 Å². The first kappa shape index (κ1) is 17.2. The number of hydrogen-bond donors (Lipinski definition) is 0. The highest BCUT2D eigenvalue weighted by Crippen LogP contribution is 2.27. The summed E-state index contributed by atoms with van der Waals surface area (Å²) in [7, 11) is 1.64. The van der Waals surface area contributed by atoms with Gasteiger partial charge in [0.05, 0.1) is 19.2 Å². The number of thiazole rings is 1. The number of aromatic nitrogens is 1. The number of esters is 1. The van der Waals surface area contributed by atoms with Gasteiger partial charge < -0.3 is 9.47 Å². The van der Waals surface area contributed by atoms with Gasteiger partial charge in [0.2, 0.25) is 0 Å². The second-order valence-corrected chi connectivity index (χ2v) is 6.86. The molecule has 0 amide bonds. The number of rotatable bonds is 5. The van der Waals surface area contributed by atoms with Gasteiger partial charge in [0.1, 0.15) is 16.5 Å². The van der Waals surface area contributed by atoms with Gasteiger partial charge in [-0.15, -0.1) is 11.3 Å². The minimum absolute atomic E-state index is 0.135. The largest absolute Gasteiger partial charge is 0.497 e. The maximum atomic E-state index is 12.4. The van der Waals surface area contributed by atoms with Gasteiger partial charge in [-0.1, -0.05) is 36.4 Å². The monoisotopic (exact) mass is 375 g/mol. The maximum absolute atomic E-state index is 12.4. The molecule has 3 aromatic carbocycles. The van der Waals surface area contributed by atoms with Crippen LogP contribution in [0.3, 0.4) is 0 Å². The van der Waals surface area contributed by atoms with E-state index in [-0.39, 0.29) is 12.4 Å². The molecule has 0 fully saturated rings. The van der Waals surface area contributed by atoms with Crippen LogP contribution in [0.5, 0.6) is 11.5 Å². The lowest BCUT2D eigenvalue weighted by molar-refractivity contribution is -0.133. The number of methoxy groups -OCH3 is 1. The average Bonchev–Trinajstić information content (AvgIpc) is 3.16. The van der Waals surface area contributed by atoms with E-state index in [1.54, 1.807) is 7.11 Å². The first-order valence-corrected chi connectivity index (χ1v) is 9.38. The van der Waals surface area contributed by atoms with E-state index in [1.165, 1.54) is 11.3 Å². The molecule has 1 heterocycles. The smallest absolute Gasteiger partial charge is 0.317 e. The molecule has 27 heavy (non-hydrogen) atoms. The van der Waals surface area contributed by atoms with Crippen molar-refractivity contribution in [2.75, 3.05) is 7.11 Å². The van der Waals surface area contributed by atoms with Crippen LogP contribution in [-0.2, 0) is 11.2 Å². The lowest BCUT2D eigenvalue weighted by atomic mass is 10.1. The molecule has 4 rings (SSSR count). The molecule has 0 atom stereocenters. The van der Waals surface area contributed by atoms with Gasteiger partial charge in [0.15, 0.2) is 0 Å². The molecular weight excluding hydrogens is 358 g/mol. The molecule has 0 aliphatic carbocycles. The van der Waals surface area contributed by atoms with E-state index in [4.69, 9.17) is 9.47 Å². The predicted octanol–water partition coefficient (Wildman–Crippen LogP) is 5.12. The van der Waals surface area contributed by atoms with Gasteiger partial charge in [-0.05, 0) is 35.7 Å². The fourth-order valence-electron chi connectivity index (χ4n) is 2.85. The minimum atomic E-state index is -0.321. The average molecular weight is 375 g/mol. The Morgan fingerprint density at radius 3 is 2.59 bits per heavy atom. The molecule has 0 unspecified atom stereocenters. The Morgan fingerprint density at radius 2 is 1.78 bits per heavy atom. The number of benzene rings is 3. The molecule has 0 bridgehead atoms.